The van der Waals surface area contributed by atoms with Crippen molar-refractivity contribution in [3.8, 4) is 0 Å². The second-order valence-electron chi connectivity index (χ2n) is 4.29. The molecule has 82 valence electrons. The van der Waals surface area contributed by atoms with Crippen LogP contribution in [0, 0.1) is 5.41 Å². The first-order valence-corrected chi connectivity index (χ1v) is 4.48. The number of hydrogen-bond donors (Lipinski definition) is 3. The standard InChI is InChI=1S/C9H18N2O3/c1-9(2,3)6(4-8(13)14)11-7(12)5-10/h6H,4-5,10H2,1-3H3,(H,11,12)(H,13,14). The van der Waals surface area contributed by atoms with E-state index >= 15 is 0 Å². The highest BCUT2D eigenvalue weighted by molar-refractivity contribution is 5.79. The molecule has 0 aromatic heterocycles. The molecule has 14 heavy (non-hydrogen) atoms. The third-order valence-corrected chi connectivity index (χ3v) is 1.94. The van der Waals surface area contributed by atoms with Crippen LogP contribution >= 0.6 is 0 Å². The Morgan fingerprint density at radius 2 is 1.93 bits per heavy atom. The number of nitrogens with one attached hydrogen (secondary N) is 1. The molecule has 0 fully saturated rings. The summed E-state index contributed by atoms with van der Waals surface area (Å²) in [6.07, 6.45) is -0.0881. The van der Waals surface area contributed by atoms with Gasteiger partial charge in [0.15, 0.2) is 0 Å². The van der Waals surface area contributed by atoms with Crippen molar-refractivity contribution in [1.29, 1.82) is 0 Å². The lowest BCUT2D eigenvalue weighted by molar-refractivity contribution is -0.138. The maximum Gasteiger partial charge on any atom is 0.305 e. The Morgan fingerprint density at radius 1 is 1.43 bits per heavy atom. The third-order valence-electron chi connectivity index (χ3n) is 1.94. The van der Waals surface area contributed by atoms with Crippen molar-refractivity contribution in [2.75, 3.05) is 6.54 Å². The Hall–Kier alpha value is -1.10. The molecule has 0 aliphatic carbocycles. The number of amides is 1. The molecule has 0 spiro atoms. The fourth-order valence-corrected chi connectivity index (χ4v) is 1.00. The molecule has 1 unspecified atom stereocenters. The van der Waals surface area contributed by atoms with Crippen LogP contribution in [-0.4, -0.2) is 29.6 Å². The van der Waals surface area contributed by atoms with Crippen molar-refractivity contribution < 1.29 is 14.7 Å². The molecule has 0 aromatic carbocycles. The summed E-state index contributed by atoms with van der Waals surface area (Å²) < 4.78 is 0. The Morgan fingerprint density at radius 3 is 2.21 bits per heavy atom. The second kappa shape index (κ2) is 4.95. The summed E-state index contributed by atoms with van der Waals surface area (Å²) in [6, 6.07) is -0.393. The van der Waals surface area contributed by atoms with E-state index in [4.69, 9.17) is 10.8 Å². The zero-order valence-corrected chi connectivity index (χ0v) is 8.83. The number of aliphatic carboxylic acids is 1. The Kier molecular flexibility index (Phi) is 4.56. The predicted molar refractivity (Wildman–Crippen MR) is 52.7 cm³/mol. The minimum atomic E-state index is -0.928. The fourth-order valence-electron chi connectivity index (χ4n) is 1.00. The van der Waals surface area contributed by atoms with Gasteiger partial charge in [0.2, 0.25) is 5.91 Å². The van der Waals surface area contributed by atoms with Crippen LogP contribution in [0.1, 0.15) is 27.2 Å². The minimum absolute atomic E-state index is 0.0881. The number of carboxylic acid groups (broad SMARTS) is 1. The lowest BCUT2D eigenvalue weighted by Gasteiger charge is -2.30. The van der Waals surface area contributed by atoms with Gasteiger partial charge in [0.1, 0.15) is 0 Å². The second-order valence-corrected chi connectivity index (χ2v) is 4.29. The van der Waals surface area contributed by atoms with Gasteiger partial charge < -0.3 is 16.2 Å². The van der Waals surface area contributed by atoms with E-state index in [9.17, 15) is 9.59 Å². The lowest BCUT2D eigenvalue weighted by atomic mass is 9.85. The molecule has 0 rings (SSSR count). The molecule has 0 heterocycles. The van der Waals surface area contributed by atoms with E-state index in [-0.39, 0.29) is 24.3 Å². The molecule has 0 radical (unpaired) electrons. The van der Waals surface area contributed by atoms with Gasteiger partial charge in [0, 0.05) is 6.04 Å². The smallest absolute Gasteiger partial charge is 0.305 e. The molecule has 0 aliphatic rings. The van der Waals surface area contributed by atoms with Crippen LogP contribution in [-0.2, 0) is 9.59 Å². The molecule has 5 nitrogen and oxygen atoms in total. The first-order chi connectivity index (χ1) is 6.27. The number of carboxylic acids is 1. The van der Waals surface area contributed by atoms with Crippen LogP contribution in [0.15, 0.2) is 0 Å². The molecule has 0 saturated carbocycles. The summed E-state index contributed by atoms with van der Waals surface area (Å²) in [5.74, 6) is -1.26. The van der Waals surface area contributed by atoms with Gasteiger partial charge in [-0.3, -0.25) is 9.59 Å². The average molecular weight is 202 g/mol. The summed E-state index contributed by atoms with van der Waals surface area (Å²) in [4.78, 5) is 21.6. The van der Waals surface area contributed by atoms with Crippen LogP contribution in [0.2, 0.25) is 0 Å². The van der Waals surface area contributed by atoms with Crippen LogP contribution in [0.3, 0.4) is 0 Å². The lowest BCUT2D eigenvalue weighted by Crippen LogP contribution is -2.47. The van der Waals surface area contributed by atoms with Gasteiger partial charge in [-0.2, -0.15) is 0 Å². The first kappa shape index (κ1) is 12.9. The highest BCUT2D eigenvalue weighted by Gasteiger charge is 2.27. The molecule has 0 aliphatic heterocycles. The molecule has 0 aromatic rings. The maximum absolute atomic E-state index is 11.0. The van der Waals surface area contributed by atoms with Crippen molar-refractivity contribution in [1.82, 2.24) is 5.32 Å². The van der Waals surface area contributed by atoms with Crippen LogP contribution in [0.4, 0.5) is 0 Å². The molecule has 1 atom stereocenters. The van der Waals surface area contributed by atoms with Crippen molar-refractivity contribution in [3.63, 3.8) is 0 Å². The molecule has 1 amide bonds. The zero-order chi connectivity index (χ0) is 11.4. The zero-order valence-electron chi connectivity index (χ0n) is 8.83. The normalized spacial score (nSPS) is 13.4. The third kappa shape index (κ3) is 4.81. The van der Waals surface area contributed by atoms with Gasteiger partial charge in [-0.05, 0) is 5.41 Å². The van der Waals surface area contributed by atoms with Gasteiger partial charge in [-0.1, -0.05) is 20.8 Å². The van der Waals surface area contributed by atoms with Crippen LogP contribution in [0.5, 0.6) is 0 Å². The van der Waals surface area contributed by atoms with Gasteiger partial charge >= 0.3 is 5.97 Å². The van der Waals surface area contributed by atoms with E-state index < -0.39 is 12.0 Å². The highest BCUT2D eigenvalue weighted by atomic mass is 16.4. The first-order valence-electron chi connectivity index (χ1n) is 4.48. The molecule has 5 heteroatoms. The Labute approximate surface area is 83.7 Å². The molecule has 0 saturated heterocycles. The average Bonchev–Trinajstić information content (AvgIpc) is 2.00. The number of carbonyl (C=O) groups excluding carboxylic acids is 1. The number of rotatable bonds is 4. The summed E-state index contributed by atoms with van der Waals surface area (Å²) in [5.41, 5.74) is 4.85. The largest absolute Gasteiger partial charge is 0.481 e. The van der Waals surface area contributed by atoms with Crippen molar-refractivity contribution in [3.05, 3.63) is 0 Å². The van der Waals surface area contributed by atoms with E-state index in [1.54, 1.807) is 0 Å². The van der Waals surface area contributed by atoms with Crippen LogP contribution < -0.4 is 11.1 Å². The van der Waals surface area contributed by atoms with E-state index in [0.29, 0.717) is 0 Å². The molecule has 4 N–H and O–H groups in total. The molecular formula is C9H18N2O3. The molecular weight excluding hydrogens is 184 g/mol. The number of carbonyl (C=O) groups is 2. The van der Waals surface area contributed by atoms with E-state index in [1.165, 1.54) is 0 Å². The SMILES string of the molecule is CC(C)(C)C(CC(=O)O)NC(=O)CN. The van der Waals surface area contributed by atoms with Crippen molar-refractivity contribution in [2.24, 2.45) is 11.1 Å². The summed E-state index contributed by atoms with van der Waals surface area (Å²) in [5, 5.41) is 11.2. The highest BCUT2D eigenvalue weighted by Crippen LogP contribution is 2.21. The number of nitrogens with two attached hydrogens (primary N) is 1. The van der Waals surface area contributed by atoms with E-state index in [0.717, 1.165) is 0 Å². The Balaban J connectivity index is 4.41. The summed E-state index contributed by atoms with van der Waals surface area (Å²) in [7, 11) is 0. The molecule has 0 bridgehead atoms. The van der Waals surface area contributed by atoms with Gasteiger partial charge in [-0.25, -0.2) is 0 Å². The van der Waals surface area contributed by atoms with Gasteiger partial charge in [0.05, 0.1) is 13.0 Å². The number of hydrogen-bond acceptors (Lipinski definition) is 3. The van der Waals surface area contributed by atoms with Gasteiger partial charge in [0.25, 0.3) is 0 Å². The Bertz CT molecular complexity index is 221. The summed E-state index contributed by atoms with van der Waals surface area (Å²) >= 11 is 0. The quantitative estimate of drug-likeness (QED) is 0.596. The maximum atomic E-state index is 11.0. The van der Waals surface area contributed by atoms with Crippen molar-refractivity contribution >= 4 is 11.9 Å². The van der Waals surface area contributed by atoms with E-state index in [2.05, 4.69) is 5.32 Å². The monoisotopic (exact) mass is 202 g/mol. The van der Waals surface area contributed by atoms with E-state index in [1.807, 2.05) is 20.8 Å². The van der Waals surface area contributed by atoms with Gasteiger partial charge in [-0.15, -0.1) is 0 Å². The summed E-state index contributed by atoms with van der Waals surface area (Å²) in [6.45, 7) is 5.50. The fraction of sp³-hybridized carbons (Fsp3) is 0.778. The topological polar surface area (TPSA) is 92.4 Å². The predicted octanol–water partition coefficient (Wildman–Crippen LogP) is -0.0493. The minimum Gasteiger partial charge on any atom is -0.481 e. The van der Waals surface area contributed by atoms with Crippen LogP contribution in [0.25, 0.3) is 0 Å². The van der Waals surface area contributed by atoms with Crippen molar-refractivity contribution in [2.45, 2.75) is 33.2 Å².